The van der Waals surface area contributed by atoms with Crippen LogP contribution in [0.5, 0.6) is 5.75 Å². The molecule has 1 aromatic carbocycles. The molecule has 0 atom stereocenters. The van der Waals surface area contributed by atoms with Crippen molar-refractivity contribution in [2.45, 2.75) is 19.9 Å². The standard InChI is InChI=1S/C13H16N2O/c1-12-6-2-3-7-13(12)16-11-5-10-15-9-4-8-14-15/h2-4,6-9H,5,10-11H2,1H3. The van der Waals surface area contributed by atoms with E-state index >= 15 is 0 Å². The van der Waals surface area contributed by atoms with Gasteiger partial charge in [0.25, 0.3) is 0 Å². The van der Waals surface area contributed by atoms with Gasteiger partial charge in [-0.3, -0.25) is 4.68 Å². The Morgan fingerprint density at radius 3 is 2.88 bits per heavy atom. The molecule has 0 aliphatic carbocycles. The van der Waals surface area contributed by atoms with Crippen LogP contribution in [-0.4, -0.2) is 16.4 Å². The summed E-state index contributed by atoms with van der Waals surface area (Å²) in [4.78, 5) is 0. The van der Waals surface area contributed by atoms with E-state index in [-0.39, 0.29) is 0 Å². The largest absolute Gasteiger partial charge is 0.493 e. The predicted octanol–water partition coefficient (Wildman–Crippen LogP) is 2.66. The maximum atomic E-state index is 5.69. The SMILES string of the molecule is Cc1ccccc1OCCCn1cccn1. The molecule has 0 unspecified atom stereocenters. The zero-order valence-corrected chi connectivity index (χ0v) is 9.47. The molecule has 3 heteroatoms. The van der Waals surface area contributed by atoms with Crippen LogP contribution < -0.4 is 4.74 Å². The van der Waals surface area contributed by atoms with Gasteiger partial charge in [-0.1, -0.05) is 18.2 Å². The molecule has 2 rings (SSSR count). The van der Waals surface area contributed by atoms with E-state index in [2.05, 4.69) is 18.1 Å². The van der Waals surface area contributed by atoms with Crippen LogP contribution in [0.4, 0.5) is 0 Å². The van der Waals surface area contributed by atoms with Gasteiger partial charge in [-0.05, 0) is 24.6 Å². The zero-order chi connectivity index (χ0) is 11.2. The number of hydrogen-bond acceptors (Lipinski definition) is 2. The average Bonchev–Trinajstić information content (AvgIpc) is 2.79. The maximum Gasteiger partial charge on any atom is 0.122 e. The Labute approximate surface area is 95.7 Å². The van der Waals surface area contributed by atoms with E-state index in [4.69, 9.17) is 4.74 Å². The minimum absolute atomic E-state index is 0.727. The Balaban J connectivity index is 1.74. The Kier molecular flexibility index (Phi) is 3.59. The molecule has 0 aliphatic rings. The van der Waals surface area contributed by atoms with Gasteiger partial charge in [-0.25, -0.2) is 0 Å². The highest BCUT2D eigenvalue weighted by atomic mass is 16.5. The summed E-state index contributed by atoms with van der Waals surface area (Å²) in [6.07, 6.45) is 4.73. The average molecular weight is 216 g/mol. The lowest BCUT2D eigenvalue weighted by atomic mass is 10.2. The van der Waals surface area contributed by atoms with Crippen LogP contribution in [0.1, 0.15) is 12.0 Å². The van der Waals surface area contributed by atoms with Crippen molar-refractivity contribution in [3.63, 3.8) is 0 Å². The van der Waals surface area contributed by atoms with Crippen LogP contribution in [0.15, 0.2) is 42.7 Å². The molecule has 0 fully saturated rings. The van der Waals surface area contributed by atoms with Crippen LogP contribution in [0.2, 0.25) is 0 Å². The summed E-state index contributed by atoms with van der Waals surface area (Å²) in [5.74, 6) is 0.975. The van der Waals surface area contributed by atoms with Gasteiger partial charge in [-0.15, -0.1) is 0 Å². The fraction of sp³-hybridized carbons (Fsp3) is 0.308. The Bertz CT molecular complexity index is 423. The molecule has 2 aromatic rings. The third-order valence-electron chi connectivity index (χ3n) is 2.44. The topological polar surface area (TPSA) is 27.1 Å². The quantitative estimate of drug-likeness (QED) is 0.718. The monoisotopic (exact) mass is 216 g/mol. The van der Waals surface area contributed by atoms with Crippen LogP contribution in [-0.2, 0) is 6.54 Å². The molecule has 0 saturated heterocycles. The lowest BCUT2D eigenvalue weighted by molar-refractivity contribution is 0.297. The molecule has 0 amide bonds. The predicted molar refractivity (Wildman–Crippen MR) is 63.5 cm³/mol. The summed E-state index contributed by atoms with van der Waals surface area (Å²) in [7, 11) is 0. The highest BCUT2D eigenvalue weighted by Crippen LogP contribution is 2.16. The molecule has 0 aliphatic heterocycles. The van der Waals surface area contributed by atoms with Crippen LogP contribution in [0, 0.1) is 6.92 Å². The summed E-state index contributed by atoms with van der Waals surface area (Å²) >= 11 is 0. The highest BCUT2D eigenvalue weighted by Gasteiger charge is 1.97. The molecule has 3 nitrogen and oxygen atoms in total. The maximum absolute atomic E-state index is 5.69. The molecule has 16 heavy (non-hydrogen) atoms. The normalized spacial score (nSPS) is 10.3. The zero-order valence-electron chi connectivity index (χ0n) is 9.47. The van der Waals surface area contributed by atoms with Gasteiger partial charge >= 0.3 is 0 Å². The first-order valence-corrected chi connectivity index (χ1v) is 5.52. The van der Waals surface area contributed by atoms with Crippen LogP contribution >= 0.6 is 0 Å². The Morgan fingerprint density at radius 1 is 1.25 bits per heavy atom. The summed E-state index contributed by atoms with van der Waals surface area (Å²) < 4.78 is 7.61. The molecule has 84 valence electrons. The van der Waals surface area contributed by atoms with Crippen LogP contribution in [0.3, 0.4) is 0 Å². The van der Waals surface area contributed by atoms with E-state index in [1.54, 1.807) is 6.20 Å². The van der Waals surface area contributed by atoms with Gasteiger partial charge in [0, 0.05) is 25.4 Å². The minimum Gasteiger partial charge on any atom is -0.493 e. The van der Waals surface area contributed by atoms with Gasteiger partial charge < -0.3 is 4.74 Å². The van der Waals surface area contributed by atoms with E-state index in [1.165, 1.54) is 5.56 Å². The molecule has 0 saturated carbocycles. The van der Waals surface area contributed by atoms with Crippen LogP contribution in [0.25, 0.3) is 0 Å². The number of benzene rings is 1. The molecule has 0 spiro atoms. The lowest BCUT2D eigenvalue weighted by Gasteiger charge is -2.08. The molecule has 1 aromatic heterocycles. The molecule has 0 bridgehead atoms. The van der Waals surface area contributed by atoms with E-state index < -0.39 is 0 Å². The number of hydrogen-bond donors (Lipinski definition) is 0. The van der Waals surface area contributed by atoms with Crippen molar-refractivity contribution in [2.24, 2.45) is 0 Å². The van der Waals surface area contributed by atoms with Gasteiger partial charge in [0.1, 0.15) is 5.75 Å². The summed E-state index contributed by atoms with van der Waals surface area (Å²) in [5.41, 5.74) is 1.18. The minimum atomic E-state index is 0.727. The second-order valence-corrected chi connectivity index (χ2v) is 3.74. The second kappa shape index (κ2) is 5.35. The molecule has 1 heterocycles. The first-order valence-electron chi connectivity index (χ1n) is 5.52. The van der Waals surface area contributed by atoms with Crippen molar-refractivity contribution >= 4 is 0 Å². The molecule has 0 radical (unpaired) electrons. The summed E-state index contributed by atoms with van der Waals surface area (Å²) in [6.45, 7) is 3.69. The second-order valence-electron chi connectivity index (χ2n) is 3.74. The number of rotatable bonds is 5. The van der Waals surface area contributed by atoms with Crippen molar-refractivity contribution in [3.8, 4) is 5.75 Å². The number of nitrogens with zero attached hydrogens (tertiary/aromatic N) is 2. The Morgan fingerprint density at radius 2 is 2.12 bits per heavy atom. The van der Waals surface area contributed by atoms with Crippen molar-refractivity contribution in [1.29, 1.82) is 0 Å². The molecule has 0 N–H and O–H groups in total. The summed E-state index contributed by atoms with van der Waals surface area (Å²) in [6, 6.07) is 10.0. The molecular weight excluding hydrogens is 200 g/mol. The van der Waals surface area contributed by atoms with E-state index in [0.29, 0.717) is 0 Å². The fourth-order valence-corrected chi connectivity index (χ4v) is 1.56. The van der Waals surface area contributed by atoms with E-state index in [9.17, 15) is 0 Å². The number of para-hydroxylation sites is 1. The smallest absolute Gasteiger partial charge is 0.122 e. The molecular formula is C13H16N2O. The fourth-order valence-electron chi connectivity index (χ4n) is 1.56. The van der Waals surface area contributed by atoms with Crippen molar-refractivity contribution in [2.75, 3.05) is 6.61 Å². The summed E-state index contributed by atoms with van der Waals surface area (Å²) in [5, 5.41) is 4.14. The number of aromatic nitrogens is 2. The first kappa shape index (κ1) is 10.7. The van der Waals surface area contributed by atoms with E-state index in [1.807, 2.05) is 35.1 Å². The Hall–Kier alpha value is -1.77. The van der Waals surface area contributed by atoms with Crippen molar-refractivity contribution in [3.05, 3.63) is 48.3 Å². The number of aryl methyl sites for hydroxylation is 2. The highest BCUT2D eigenvalue weighted by molar-refractivity contribution is 5.31. The van der Waals surface area contributed by atoms with Gasteiger partial charge in [0.15, 0.2) is 0 Å². The van der Waals surface area contributed by atoms with Gasteiger partial charge in [0.2, 0.25) is 0 Å². The number of ether oxygens (including phenoxy) is 1. The third kappa shape index (κ3) is 2.86. The van der Waals surface area contributed by atoms with E-state index in [0.717, 1.165) is 25.3 Å². The van der Waals surface area contributed by atoms with Gasteiger partial charge in [-0.2, -0.15) is 5.10 Å². The van der Waals surface area contributed by atoms with Crippen molar-refractivity contribution < 1.29 is 4.74 Å². The lowest BCUT2D eigenvalue weighted by Crippen LogP contribution is -2.05. The van der Waals surface area contributed by atoms with Crippen molar-refractivity contribution in [1.82, 2.24) is 9.78 Å². The third-order valence-corrected chi connectivity index (χ3v) is 2.44. The first-order chi connectivity index (χ1) is 7.86. The van der Waals surface area contributed by atoms with Gasteiger partial charge in [0.05, 0.1) is 6.61 Å².